The molecule has 3 unspecified atom stereocenters. The topological polar surface area (TPSA) is 112 Å². The molecule has 3 atom stereocenters. The van der Waals surface area contributed by atoms with Crippen LogP contribution in [0.1, 0.15) is 30.2 Å². The summed E-state index contributed by atoms with van der Waals surface area (Å²) in [5.74, 6) is 2.21. The summed E-state index contributed by atoms with van der Waals surface area (Å²) in [5.41, 5.74) is -0.793. The van der Waals surface area contributed by atoms with E-state index in [1.807, 2.05) is 0 Å². The summed E-state index contributed by atoms with van der Waals surface area (Å²) in [6, 6.07) is 4.03. The first-order valence-electron chi connectivity index (χ1n) is 9.35. The summed E-state index contributed by atoms with van der Waals surface area (Å²) in [5, 5.41) is 5.21. The maximum atomic E-state index is 13.3. The quantitative estimate of drug-likeness (QED) is 0.396. The third kappa shape index (κ3) is 5.14. The minimum absolute atomic E-state index is 0.00720. The van der Waals surface area contributed by atoms with E-state index in [2.05, 4.69) is 10.9 Å². The number of benzene rings is 1. The van der Waals surface area contributed by atoms with Gasteiger partial charge in [0.2, 0.25) is 0 Å². The summed E-state index contributed by atoms with van der Waals surface area (Å²) in [6.07, 6.45) is 5.71. The molecule has 0 aliphatic carbocycles. The van der Waals surface area contributed by atoms with Crippen LogP contribution in [0.3, 0.4) is 0 Å². The van der Waals surface area contributed by atoms with Gasteiger partial charge in [0.1, 0.15) is 39.1 Å². The number of halogens is 1. The third-order valence-electron chi connectivity index (χ3n) is 4.69. The monoisotopic (exact) mass is 458 g/mol. The van der Waals surface area contributed by atoms with Crippen molar-refractivity contribution in [1.29, 1.82) is 0 Å². The summed E-state index contributed by atoms with van der Waals surface area (Å²) in [4.78, 5) is 25.9. The van der Waals surface area contributed by atoms with E-state index in [0.717, 1.165) is 7.11 Å². The fourth-order valence-electron chi connectivity index (χ4n) is 3.17. The maximum absolute atomic E-state index is 13.3. The summed E-state index contributed by atoms with van der Waals surface area (Å²) >= 11 is 0. The van der Waals surface area contributed by atoms with Gasteiger partial charge < -0.3 is 18.9 Å². The van der Waals surface area contributed by atoms with Gasteiger partial charge in [0.15, 0.2) is 0 Å². The Bertz CT molecular complexity index is 1130. The first kappa shape index (κ1) is 24.2. The highest BCUT2D eigenvalue weighted by atomic mass is 31.2. The molecule has 13 heteroatoms. The van der Waals surface area contributed by atoms with Gasteiger partial charge in [-0.2, -0.15) is 0 Å². The molecule has 1 saturated heterocycles. The molecule has 4 radical (unpaired) electrons. The van der Waals surface area contributed by atoms with Gasteiger partial charge in [-0.1, -0.05) is 5.92 Å². The zero-order chi connectivity index (χ0) is 23.5. The van der Waals surface area contributed by atoms with Crippen LogP contribution in [0.5, 0.6) is 5.75 Å². The van der Waals surface area contributed by atoms with Crippen LogP contribution in [-0.2, 0) is 20.4 Å². The molecule has 1 aromatic carbocycles. The number of hydrogen-bond acceptors (Lipinski definition) is 7. The van der Waals surface area contributed by atoms with Crippen LogP contribution in [0.15, 0.2) is 34.0 Å². The molecule has 2 N–H and O–H groups in total. The molecule has 3 heterocycles. The van der Waals surface area contributed by atoms with Crippen LogP contribution < -0.4 is 15.8 Å². The predicted molar refractivity (Wildman–Crippen MR) is 115 cm³/mol. The number of nitrogens with one attached hydrogen (secondary N) is 1. The van der Waals surface area contributed by atoms with E-state index in [0.29, 0.717) is 24.2 Å². The standard InChI is InChI=1S/C18H14B2FN2O6P.CH4O/c1-2-10-8-23(17(25)22-16(10)24)15-6-5-14(27-15)18(19,20)29-30-26-9-11-7-12(21)3-4-13(11)28-30;1-2/h1,3-4,7-8,14-15H,5-6,9H2,(H,22,24,25);2H,1H3. The van der Waals surface area contributed by atoms with Crippen molar-refractivity contribution in [1.82, 2.24) is 9.55 Å². The Balaban J connectivity index is 0.00000141. The normalized spacial score (nSPS) is 22.1. The predicted octanol–water partition coefficient (Wildman–Crippen LogP) is 0.787. The van der Waals surface area contributed by atoms with Crippen molar-refractivity contribution in [3.63, 3.8) is 0 Å². The minimum atomic E-state index is -1.95. The van der Waals surface area contributed by atoms with E-state index >= 15 is 0 Å². The van der Waals surface area contributed by atoms with Gasteiger partial charge in [0.05, 0.1) is 12.7 Å². The van der Waals surface area contributed by atoms with E-state index < -0.39 is 43.4 Å². The zero-order valence-electron chi connectivity index (χ0n) is 17.0. The van der Waals surface area contributed by atoms with Crippen molar-refractivity contribution in [2.24, 2.45) is 0 Å². The molecule has 32 heavy (non-hydrogen) atoms. The summed E-state index contributed by atoms with van der Waals surface area (Å²) < 4.78 is 36.9. The van der Waals surface area contributed by atoms with Gasteiger partial charge in [-0.25, -0.2) is 9.18 Å². The number of rotatable bonds is 4. The SMILES string of the molecule is CO.[B]C([B])(OP1OCc2cc(F)ccc2O1)C1CCC(n2cc(C#C)c(=O)[nH]c2=O)O1. The average molecular weight is 458 g/mol. The Morgan fingerprint density at radius 1 is 1.38 bits per heavy atom. The molecular formula is C19H18B2FN2O7P. The number of fused-ring (bicyclic) bond motifs is 1. The number of H-pyrrole nitrogens is 1. The molecule has 0 bridgehead atoms. The smallest absolute Gasteiger partial charge is 0.396 e. The highest BCUT2D eigenvalue weighted by Crippen LogP contribution is 2.50. The van der Waals surface area contributed by atoms with E-state index in [9.17, 15) is 14.0 Å². The Hall–Kier alpha value is -2.41. The molecular weight excluding hydrogens is 440 g/mol. The van der Waals surface area contributed by atoms with Crippen molar-refractivity contribution in [2.75, 3.05) is 7.11 Å². The van der Waals surface area contributed by atoms with Gasteiger partial charge in [0, 0.05) is 24.3 Å². The lowest BCUT2D eigenvalue weighted by molar-refractivity contribution is -0.0469. The van der Waals surface area contributed by atoms with Gasteiger partial charge in [-0.05, 0) is 31.0 Å². The lowest BCUT2D eigenvalue weighted by atomic mass is 9.61. The number of ether oxygens (including phenoxy) is 1. The van der Waals surface area contributed by atoms with E-state index in [4.69, 9.17) is 45.5 Å². The lowest BCUT2D eigenvalue weighted by Crippen LogP contribution is -2.46. The second-order valence-corrected chi connectivity index (χ2v) is 7.87. The molecule has 0 amide bonds. The molecule has 164 valence electrons. The molecule has 1 fully saturated rings. The van der Waals surface area contributed by atoms with Crippen molar-refractivity contribution in [2.45, 2.75) is 37.2 Å². The summed E-state index contributed by atoms with van der Waals surface area (Å²) in [7, 11) is 11.3. The van der Waals surface area contributed by atoms with Gasteiger partial charge in [0.25, 0.3) is 5.56 Å². The Morgan fingerprint density at radius 2 is 2.12 bits per heavy atom. The average Bonchev–Trinajstić information content (AvgIpc) is 3.26. The number of aromatic amines is 1. The molecule has 1 aromatic heterocycles. The van der Waals surface area contributed by atoms with Crippen LogP contribution in [0.25, 0.3) is 0 Å². The molecule has 2 aliphatic rings. The zero-order valence-corrected chi connectivity index (χ0v) is 17.9. The lowest BCUT2D eigenvalue weighted by Gasteiger charge is -2.36. The molecule has 2 aromatic rings. The largest absolute Gasteiger partial charge is 0.426 e. The number of hydrogen-bond donors (Lipinski definition) is 2. The van der Waals surface area contributed by atoms with Crippen LogP contribution in [0.4, 0.5) is 4.39 Å². The number of aliphatic hydroxyl groups is 1. The van der Waals surface area contributed by atoms with Crippen molar-refractivity contribution >= 4 is 24.3 Å². The fraction of sp³-hybridized carbons (Fsp3) is 0.368. The summed E-state index contributed by atoms with van der Waals surface area (Å²) in [6.45, 7) is 0.0741. The number of terminal acetylenes is 1. The Kier molecular flexibility index (Phi) is 7.59. The number of aromatic nitrogens is 2. The van der Waals surface area contributed by atoms with Gasteiger partial charge >= 0.3 is 14.3 Å². The van der Waals surface area contributed by atoms with Crippen LogP contribution in [0, 0.1) is 18.2 Å². The van der Waals surface area contributed by atoms with Gasteiger partial charge in [-0.15, -0.1) is 6.42 Å². The van der Waals surface area contributed by atoms with Crippen molar-refractivity contribution in [3.8, 4) is 18.1 Å². The molecule has 4 rings (SSSR count). The fourth-order valence-corrected chi connectivity index (χ4v) is 4.27. The van der Waals surface area contributed by atoms with Crippen LogP contribution in [-0.4, -0.2) is 49.0 Å². The highest BCUT2D eigenvalue weighted by molar-refractivity contribution is 7.42. The second-order valence-electron chi connectivity index (χ2n) is 6.80. The third-order valence-corrected chi connectivity index (χ3v) is 5.84. The molecule has 9 nitrogen and oxygen atoms in total. The van der Waals surface area contributed by atoms with E-state index in [-0.39, 0.29) is 12.2 Å². The maximum Gasteiger partial charge on any atom is 0.396 e. The van der Waals surface area contributed by atoms with Crippen LogP contribution >= 0.6 is 8.60 Å². The molecule has 0 spiro atoms. The first-order chi connectivity index (χ1) is 15.3. The molecule has 0 saturated carbocycles. The Labute approximate surface area is 186 Å². The number of nitrogens with zero attached hydrogens (tertiary/aromatic N) is 1. The second kappa shape index (κ2) is 10.0. The van der Waals surface area contributed by atoms with Crippen LogP contribution in [0.2, 0.25) is 0 Å². The highest BCUT2D eigenvalue weighted by Gasteiger charge is 2.41. The Morgan fingerprint density at radius 3 is 2.84 bits per heavy atom. The van der Waals surface area contributed by atoms with Gasteiger partial charge in [-0.3, -0.25) is 18.9 Å². The van der Waals surface area contributed by atoms with Crippen molar-refractivity contribution in [3.05, 3.63) is 62.2 Å². The van der Waals surface area contributed by atoms with E-state index in [1.165, 1.54) is 29.0 Å². The van der Waals surface area contributed by atoms with Crippen molar-refractivity contribution < 1.29 is 27.8 Å². The molecule has 2 aliphatic heterocycles. The number of aliphatic hydroxyl groups excluding tert-OH is 1. The van der Waals surface area contributed by atoms with E-state index in [1.54, 1.807) is 0 Å². The minimum Gasteiger partial charge on any atom is -0.426 e. The first-order valence-corrected chi connectivity index (χ1v) is 10.4.